The quantitative estimate of drug-likeness (QED) is 0.631. The molecule has 0 spiro atoms. The highest BCUT2D eigenvalue weighted by Crippen LogP contribution is 2.31. The largest absolute Gasteiger partial charge is 0.493 e. The zero-order chi connectivity index (χ0) is 20.8. The maximum Gasteiger partial charge on any atom is 0.263 e. The Morgan fingerprint density at radius 3 is 2.52 bits per heavy atom. The zero-order valence-electron chi connectivity index (χ0n) is 17.1. The molecule has 7 heteroatoms. The molecule has 1 amide bonds. The van der Waals surface area contributed by atoms with E-state index in [0.29, 0.717) is 29.6 Å². The number of nitrogens with one attached hydrogen (secondary N) is 1. The number of anilines is 1. The van der Waals surface area contributed by atoms with Gasteiger partial charge in [-0.1, -0.05) is 18.2 Å². The van der Waals surface area contributed by atoms with E-state index in [0.717, 1.165) is 16.7 Å². The zero-order valence-corrected chi connectivity index (χ0v) is 17.1. The number of rotatable bonds is 8. The van der Waals surface area contributed by atoms with Gasteiger partial charge in [0.25, 0.3) is 5.91 Å². The highest BCUT2D eigenvalue weighted by molar-refractivity contribution is 5.91. The number of nitrogens with zero attached hydrogens (tertiary/aromatic N) is 2. The van der Waals surface area contributed by atoms with Gasteiger partial charge in [0.15, 0.2) is 18.1 Å². The van der Waals surface area contributed by atoms with E-state index in [-0.39, 0.29) is 12.5 Å². The van der Waals surface area contributed by atoms with Gasteiger partial charge in [-0.15, -0.1) is 0 Å². The molecule has 1 N–H and O–H groups in total. The van der Waals surface area contributed by atoms with Crippen LogP contribution in [0, 0.1) is 13.8 Å². The summed E-state index contributed by atoms with van der Waals surface area (Å²) in [7, 11) is 3.19. The van der Waals surface area contributed by atoms with Gasteiger partial charge in [-0.3, -0.25) is 4.79 Å². The van der Waals surface area contributed by atoms with Crippen LogP contribution in [0.15, 0.2) is 48.7 Å². The summed E-state index contributed by atoms with van der Waals surface area (Å²) in [6.45, 7) is 4.31. The molecule has 29 heavy (non-hydrogen) atoms. The second-order valence-electron chi connectivity index (χ2n) is 6.69. The first-order valence-electron chi connectivity index (χ1n) is 9.22. The number of methoxy groups -OCH3 is 2. The van der Waals surface area contributed by atoms with Crippen LogP contribution in [-0.4, -0.2) is 36.5 Å². The minimum absolute atomic E-state index is 0.0868. The molecule has 0 atom stereocenters. The molecule has 3 rings (SSSR count). The number of hydrogen-bond donors (Lipinski definition) is 1. The molecule has 3 aromatic rings. The number of benzene rings is 2. The van der Waals surface area contributed by atoms with Crippen molar-refractivity contribution in [3.63, 3.8) is 0 Å². The molecule has 0 aliphatic heterocycles. The number of hydrogen-bond acceptors (Lipinski definition) is 5. The highest BCUT2D eigenvalue weighted by atomic mass is 16.5. The van der Waals surface area contributed by atoms with Crippen molar-refractivity contribution in [1.29, 1.82) is 0 Å². The lowest BCUT2D eigenvalue weighted by Gasteiger charge is -2.14. The van der Waals surface area contributed by atoms with Crippen molar-refractivity contribution >= 4 is 11.7 Å². The number of carbonyl (C=O) groups excluding carboxylic acids is 1. The fraction of sp³-hybridized carbons (Fsp3) is 0.273. The van der Waals surface area contributed by atoms with Crippen molar-refractivity contribution in [2.45, 2.75) is 20.4 Å². The minimum atomic E-state index is -0.261. The van der Waals surface area contributed by atoms with Gasteiger partial charge in [-0.2, -0.15) is 5.10 Å². The fourth-order valence-corrected chi connectivity index (χ4v) is 3.15. The SMILES string of the molecule is COc1cccc(Cn2nccc2NC(=O)COc2cc(C)cc(C)c2)c1OC. The number of aromatic nitrogens is 2. The molecule has 1 heterocycles. The third kappa shape index (κ3) is 5.07. The summed E-state index contributed by atoms with van der Waals surface area (Å²) in [6, 6.07) is 13.2. The second kappa shape index (κ2) is 9.14. The minimum Gasteiger partial charge on any atom is -0.493 e. The molecule has 152 valence electrons. The molecular formula is C22H25N3O4. The van der Waals surface area contributed by atoms with E-state index in [9.17, 15) is 4.79 Å². The Kier molecular flexibility index (Phi) is 6.39. The Labute approximate surface area is 170 Å². The Bertz CT molecular complexity index is 977. The molecule has 0 unspecified atom stereocenters. The lowest BCUT2D eigenvalue weighted by Crippen LogP contribution is -2.22. The molecule has 0 radical (unpaired) electrons. The van der Waals surface area contributed by atoms with Gasteiger partial charge in [0, 0.05) is 11.6 Å². The van der Waals surface area contributed by atoms with E-state index in [1.165, 1.54) is 0 Å². The normalized spacial score (nSPS) is 10.5. The lowest BCUT2D eigenvalue weighted by atomic mass is 10.1. The molecule has 7 nitrogen and oxygen atoms in total. The molecule has 1 aromatic heterocycles. The molecule has 0 bridgehead atoms. The van der Waals surface area contributed by atoms with E-state index < -0.39 is 0 Å². The molecule has 2 aromatic carbocycles. The van der Waals surface area contributed by atoms with E-state index in [2.05, 4.69) is 16.5 Å². The van der Waals surface area contributed by atoms with Crippen molar-refractivity contribution in [3.05, 3.63) is 65.4 Å². The van der Waals surface area contributed by atoms with Gasteiger partial charge in [0.05, 0.1) is 27.0 Å². The summed E-state index contributed by atoms with van der Waals surface area (Å²) in [5, 5.41) is 7.14. The lowest BCUT2D eigenvalue weighted by molar-refractivity contribution is -0.118. The summed E-state index contributed by atoms with van der Waals surface area (Å²) in [5.41, 5.74) is 3.06. The van der Waals surface area contributed by atoms with Gasteiger partial charge in [-0.05, 0) is 43.2 Å². The Balaban J connectivity index is 1.67. The highest BCUT2D eigenvalue weighted by Gasteiger charge is 2.13. The van der Waals surface area contributed by atoms with Crippen molar-refractivity contribution < 1.29 is 19.0 Å². The maximum absolute atomic E-state index is 12.4. The van der Waals surface area contributed by atoms with E-state index in [4.69, 9.17) is 14.2 Å². The number of amides is 1. The van der Waals surface area contributed by atoms with Gasteiger partial charge < -0.3 is 19.5 Å². The molecule has 0 fully saturated rings. The first-order chi connectivity index (χ1) is 14.0. The molecule has 0 aliphatic rings. The molecular weight excluding hydrogens is 370 g/mol. The third-order valence-corrected chi connectivity index (χ3v) is 4.35. The van der Waals surface area contributed by atoms with Crippen LogP contribution in [0.5, 0.6) is 17.2 Å². The van der Waals surface area contributed by atoms with Crippen LogP contribution in [0.25, 0.3) is 0 Å². The standard InChI is InChI=1S/C22H25N3O4/c1-15-10-16(2)12-18(11-15)29-14-21(26)24-20-8-9-23-25(20)13-17-6-5-7-19(27-3)22(17)28-4/h5-12H,13-14H2,1-4H3,(H,24,26). The summed E-state index contributed by atoms with van der Waals surface area (Å²) < 4.78 is 18.1. The Morgan fingerprint density at radius 1 is 1.07 bits per heavy atom. The van der Waals surface area contributed by atoms with E-state index >= 15 is 0 Å². The number of ether oxygens (including phenoxy) is 3. The average molecular weight is 395 g/mol. The summed E-state index contributed by atoms with van der Waals surface area (Å²) in [5.74, 6) is 2.27. The van der Waals surface area contributed by atoms with Gasteiger partial charge in [-0.25, -0.2) is 4.68 Å². The number of carbonyl (C=O) groups is 1. The number of aryl methyl sites for hydroxylation is 2. The predicted molar refractivity (Wildman–Crippen MR) is 111 cm³/mol. The van der Waals surface area contributed by atoms with Gasteiger partial charge >= 0.3 is 0 Å². The van der Waals surface area contributed by atoms with Crippen LogP contribution in [0.2, 0.25) is 0 Å². The smallest absolute Gasteiger partial charge is 0.263 e. The molecule has 0 aliphatic carbocycles. The van der Waals surface area contributed by atoms with Gasteiger partial charge in [0.2, 0.25) is 0 Å². The van der Waals surface area contributed by atoms with Crippen molar-refractivity contribution in [2.75, 3.05) is 26.1 Å². The average Bonchev–Trinajstić information content (AvgIpc) is 3.12. The second-order valence-corrected chi connectivity index (χ2v) is 6.69. The number of para-hydroxylation sites is 1. The van der Waals surface area contributed by atoms with Crippen molar-refractivity contribution in [3.8, 4) is 17.2 Å². The van der Waals surface area contributed by atoms with Crippen LogP contribution in [0.1, 0.15) is 16.7 Å². The van der Waals surface area contributed by atoms with E-state index in [1.54, 1.807) is 31.2 Å². The van der Waals surface area contributed by atoms with Crippen LogP contribution in [-0.2, 0) is 11.3 Å². The maximum atomic E-state index is 12.4. The Morgan fingerprint density at radius 2 is 1.83 bits per heavy atom. The summed E-state index contributed by atoms with van der Waals surface area (Å²) >= 11 is 0. The van der Waals surface area contributed by atoms with Crippen LogP contribution < -0.4 is 19.5 Å². The van der Waals surface area contributed by atoms with Crippen molar-refractivity contribution in [2.24, 2.45) is 0 Å². The predicted octanol–water partition coefficient (Wildman–Crippen LogP) is 3.58. The fourth-order valence-electron chi connectivity index (χ4n) is 3.15. The van der Waals surface area contributed by atoms with E-state index in [1.807, 2.05) is 44.2 Å². The Hall–Kier alpha value is -3.48. The summed E-state index contributed by atoms with van der Waals surface area (Å²) in [6.07, 6.45) is 1.63. The van der Waals surface area contributed by atoms with Crippen LogP contribution >= 0.6 is 0 Å². The topological polar surface area (TPSA) is 74.6 Å². The molecule has 0 saturated heterocycles. The van der Waals surface area contributed by atoms with Crippen LogP contribution in [0.3, 0.4) is 0 Å². The third-order valence-electron chi connectivity index (χ3n) is 4.35. The molecule has 0 saturated carbocycles. The van der Waals surface area contributed by atoms with Gasteiger partial charge in [0.1, 0.15) is 11.6 Å². The van der Waals surface area contributed by atoms with Crippen LogP contribution in [0.4, 0.5) is 5.82 Å². The first kappa shape index (κ1) is 20.3. The van der Waals surface area contributed by atoms with Crippen molar-refractivity contribution in [1.82, 2.24) is 9.78 Å². The summed E-state index contributed by atoms with van der Waals surface area (Å²) in [4.78, 5) is 12.4. The monoisotopic (exact) mass is 395 g/mol. The first-order valence-corrected chi connectivity index (χ1v) is 9.22.